The maximum Gasteiger partial charge on any atom is 0.335 e. The third-order valence-corrected chi connectivity index (χ3v) is 5.15. The van der Waals surface area contributed by atoms with E-state index >= 15 is 0 Å². The smallest absolute Gasteiger partial charge is 0.335 e. The van der Waals surface area contributed by atoms with Crippen LogP contribution in [0.15, 0.2) is 78.9 Å². The zero-order valence-corrected chi connectivity index (χ0v) is 18.5. The van der Waals surface area contributed by atoms with Crippen LogP contribution in [0.25, 0.3) is 22.5 Å². The van der Waals surface area contributed by atoms with E-state index in [9.17, 15) is 14.3 Å². The molecule has 33 heavy (non-hydrogen) atoms. The van der Waals surface area contributed by atoms with Crippen molar-refractivity contribution in [3.63, 3.8) is 0 Å². The third-order valence-electron chi connectivity index (χ3n) is 5.15. The van der Waals surface area contributed by atoms with Gasteiger partial charge in [0.15, 0.2) is 0 Å². The number of benzene rings is 3. The van der Waals surface area contributed by atoms with E-state index in [-0.39, 0.29) is 11.4 Å². The quantitative estimate of drug-likeness (QED) is 0.355. The fourth-order valence-electron chi connectivity index (χ4n) is 3.55. The van der Waals surface area contributed by atoms with Crippen LogP contribution < -0.4 is 4.74 Å². The summed E-state index contributed by atoms with van der Waals surface area (Å²) < 4.78 is 21.8. The fourth-order valence-corrected chi connectivity index (χ4v) is 3.55. The van der Waals surface area contributed by atoms with Gasteiger partial charge in [0.1, 0.15) is 11.6 Å². The highest BCUT2D eigenvalue weighted by Gasteiger charge is 2.18. The van der Waals surface area contributed by atoms with Gasteiger partial charge in [-0.15, -0.1) is 0 Å². The minimum absolute atomic E-state index is 0.145. The minimum Gasteiger partial charge on any atom is -0.493 e. The van der Waals surface area contributed by atoms with E-state index in [4.69, 9.17) is 9.84 Å². The second kappa shape index (κ2) is 9.69. The SMILES string of the molecule is CC(C)COc1ccc(C(=O)O)cc1-c1cc(-c2cccc(F)c2)n(Cc2ccccc2)n1. The van der Waals surface area contributed by atoms with Crippen molar-refractivity contribution in [2.75, 3.05) is 6.61 Å². The second-order valence-electron chi connectivity index (χ2n) is 8.29. The summed E-state index contributed by atoms with van der Waals surface area (Å²) in [6.07, 6.45) is 0. The third kappa shape index (κ3) is 5.29. The largest absolute Gasteiger partial charge is 0.493 e. The Kier molecular flexibility index (Phi) is 6.54. The molecule has 0 aliphatic carbocycles. The first kappa shape index (κ1) is 22.3. The molecule has 0 saturated heterocycles. The van der Waals surface area contributed by atoms with Crippen LogP contribution in [-0.4, -0.2) is 27.5 Å². The van der Waals surface area contributed by atoms with Gasteiger partial charge in [-0.1, -0.05) is 56.3 Å². The molecule has 0 aliphatic rings. The van der Waals surface area contributed by atoms with Gasteiger partial charge in [0.05, 0.1) is 30.1 Å². The lowest BCUT2D eigenvalue weighted by molar-refractivity contribution is 0.0697. The number of nitrogens with zero attached hydrogens (tertiary/aromatic N) is 2. The summed E-state index contributed by atoms with van der Waals surface area (Å²) in [6.45, 7) is 5.05. The number of ether oxygens (including phenoxy) is 1. The number of aromatic carboxylic acids is 1. The molecule has 6 heteroatoms. The van der Waals surface area contributed by atoms with Crippen molar-refractivity contribution in [2.24, 2.45) is 5.92 Å². The van der Waals surface area contributed by atoms with Crippen molar-refractivity contribution in [2.45, 2.75) is 20.4 Å². The molecule has 5 nitrogen and oxygen atoms in total. The Morgan fingerprint density at radius 1 is 1.03 bits per heavy atom. The van der Waals surface area contributed by atoms with Crippen LogP contribution in [0.5, 0.6) is 5.75 Å². The minimum atomic E-state index is -1.03. The van der Waals surface area contributed by atoms with Crippen molar-refractivity contribution in [3.05, 3.63) is 95.8 Å². The van der Waals surface area contributed by atoms with E-state index in [1.54, 1.807) is 22.9 Å². The van der Waals surface area contributed by atoms with Gasteiger partial charge in [-0.05, 0) is 47.9 Å². The number of aromatic nitrogens is 2. The average molecular weight is 445 g/mol. The predicted molar refractivity (Wildman–Crippen MR) is 126 cm³/mol. The standard InChI is InChI=1S/C27H25FN2O3/c1-18(2)17-33-26-12-11-21(27(31)32)14-23(26)24-15-25(20-9-6-10-22(28)13-20)30(29-24)16-19-7-4-3-5-8-19/h3-15,18H,16-17H2,1-2H3,(H,31,32). The number of carbonyl (C=O) groups is 1. The van der Waals surface area contributed by atoms with Gasteiger partial charge in [0, 0.05) is 11.1 Å². The van der Waals surface area contributed by atoms with E-state index in [1.807, 2.05) is 56.3 Å². The lowest BCUT2D eigenvalue weighted by atomic mass is 10.0. The molecule has 0 radical (unpaired) electrons. The highest BCUT2D eigenvalue weighted by atomic mass is 19.1. The fraction of sp³-hybridized carbons (Fsp3) is 0.185. The van der Waals surface area contributed by atoms with Crippen LogP contribution in [0, 0.1) is 11.7 Å². The van der Waals surface area contributed by atoms with Crippen molar-refractivity contribution in [1.82, 2.24) is 9.78 Å². The first-order chi connectivity index (χ1) is 15.9. The normalized spacial score (nSPS) is 11.0. The summed E-state index contributed by atoms with van der Waals surface area (Å²) in [5.41, 5.74) is 3.74. The summed E-state index contributed by atoms with van der Waals surface area (Å²) in [4.78, 5) is 11.6. The van der Waals surface area contributed by atoms with Gasteiger partial charge in [-0.25, -0.2) is 9.18 Å². The summed E-state index contributed by atoms with van der Waals surface area (Å²) in [5.74, 6) is -0.504. The molecule has 168 valence electrons. The van der Waals surface area contributed by atoms with Gasteiger partial charge >= 0.3 is 5.97 Å². The van der Waals surface area contributed by atoms with Crippen LogP contribution in [0.2, 0.25) is 0 Å². The average Bonchev–Trinajstić information content (AvgIpc) is 3.21. The molecule has 4 aromatic rings. The Morgan fingerprint density at radius 3 is 2.52 bits per heavy atom. The molecular formula is C27H25FN2O3. The molecule has 1 N–H and O–H groups in total. The molecule has 0 amide bonds. The topological polar surface area (TPSA) is 64.3 Å². The molecule has 0 aliphatic heterocycles. The van der Waals surface area contributed by atoms with E-state index in [2.05, 4.69) is 0 Å². The molecular weight excluding hydrogens is 419 g/mol. The lowest BCUT2D eigenvalue weighted by Crippen LogP contribution is -2.07. The first-order valence-electron chi connectivity index (χ1n) is 10.8. The number of halogens is 1. The molecule has 0 atom stereocenters. The number of hydrogen-bond donors (Lipinski definition) is 1. The number of rotatable bonds is 8. The maximum absolute atomic E-state index is 14.0. The molecule has 1 heterocycles. The van der Waals surface area contributed by atoms with Crippen molar-refractivity contribution in [1.29, 1.82) is 0 Å². The van der Waals surface area contributed by atoms with Crippen molar-refractivity contribution < 1.29 is 19.0 Å². The first-order valence-corrected chi connectivity index (χ1v) is 10.8. The summed E-state index contributed by atoms with van der Waals surface area (Å²) in [6, 6.07) is 22.8. The van der Waals surface area contributed by atoms with E-state index in [0.29, 0.717) is 41.6 Å². The summed E-state index contributed by atoms with van der Waals surface area (Å²) in [7, 11) is 0. The van der Waals surface area contributed by atoms with Gasteiger partial charge in [0.25, 0.3) is 0 Å². The Bertz CT molecular complexity index is 1270. The monoisotopic (exact) mass is 444 g/mol. The highest BCUT2D eigenvalue weighted by molar-refractivity contribution is 5.90. The number of carboxylic acid groups (broad SMARTS) is 1. The molecule has 0 bridgehead atoms. The Hall–Kier alpha value is -3.93. The van der Waals surface area contributed by atoms with Crippen LogP contribution in [-0.2, 0) is 6.54 Å². The van der Waals surface area contributed by atoms with Crippen LogP contribution in [0.1, 0.15) is 29.8 Å². The molecule has 0 saturated carbocycles. The van der Waals surface area contributed by atoms with Gasteiger partial charge < -0.3 is 9.84 Å². The molecule has 3 aromatic carbocycles. The molecule has 1 aromatic heterocycles. The van der Waals surface area contributed by atoms with Crippen LogP contribution in [0.3, 0.4) is 0 Å². The van der Waals surface area contributed by atoms with E-state index in [0.717, 1.165) is 11.3 Å². The van der Waals surface area contributed by atoms with Gasteiger partial charge in [-0.3, -0.25) is 4.68 Å². The van der Waals surface area contributed by atoms with Crippen LogP contribution >= 0.6 is 0 Å². The van der Waals surface area contributed by atoms with E-state index in [1.165, 1.54) is 18.2 Å². The van der Waals surface area contributed by atoms with Crippen molar-refractivity contribution >= 4 is 5.97 Å². The Morgan fingerprint density at radius 2 is 1.82 bits per heavy atom. The van der Waals surface area contributed by atoms with Crippen molar-refractivity contribution in [3.8, 4) is 28.3 Å². The molecule has 0 spiro atoms. The highest BCUT2D eigenvalue weighted by Crippen LogP contribution is 2.34. The summed E-state index contributed by atoms with van der Waals surface area (Å²) >= 11 is 0. The number of hydrogen-bond acceptors (Lipinski definition) is 3. The summed E-state index contributed by atoms with van der Waals surface area (Å²) in [5, 5.41) is 14.3. The number of carboxylic acids is 1. The molecule has 4 rings (SSSR count). The predicted octanol–water partition coefficient (Wildman–Crippen LogP) is 6.14. The Labute approximate surface area is 192 Å². The second-order valence-corrected chi connectivity index (χ2v) is 8.29. The van der Waals surface area contributed by atoms with Gasteiger partial charge in [-0.2, -0.15) is 5.10 Å². The zero-order chi connectivity index (χ0) is 23.4. The lowest BCUT2D eigenvalue weighted by Gasteiger charge is -2.13. The Balaban J connectivity index is 1.84. The molecule has 0 fully saturated rings. The molecule has 0 unspecified atom stereocenters. The maximum atomic E-state index is 14.0. The van der Waals surface area contributed by atoms with Crippen LogP contribution in [0.4, 0.5) is 4.39 Å². The van der Waals surface area contributed by atoms with Gasteiger partial charge in [0.2, 0.25) is 0 Å². The van der Waals surface area contributed by atoms with E-state index < -0.39 is 5.97 Å². The zero-order valence-electron chi connectivity index (χ0n) is 18.5.